The van der Waals surface area contributed by atoms with E-state index in [9.17, 15) is 9.90 Å². The summed E-state index contributed by atoms with van der Waals surface area (Å²) < 4.78 is 5.04. The Morgan fingerprint density at radius 2 is 2.04 bits per heavy atom. The van der Waals surface area contributed by atoms with Gasteiger partial charge in [-0.25, -0.2) is 0 Å². The summed E-state index contributed by atoms with van der Waals surface area (Å²) in [5, 5.41) is 18.1. The molecule has 0 amide bonds. The molecule has 0 aliphatic heterocycles. The van der Waals surface area contributed by atoms with Crippen LogP contribution < -0.4 is 0 Å². The SMILES string of the molecule is CCOC(=O)C(CO/N=C(\C)c1ccccc1)C(O)c1ccsc1. The molecule has 2 aromatic rings. The molecule has 2 rings (SSSR count). The van der Waals surface area contributed by atoms with Gasteiger partial charge in [-0.1, -0.05) is 35.5 Å². The van der Waals surface area contributed by atoms with E-state index in [1.807, 2.05) is 42.6 Å². The summed E-state index contributed by atoms with van der Waals surface area (Å²) in [5.41, 5.74) is 2.30. The van der Waals surface area contributed by atoms with Gasteiger partial charge in [-0.05, 0) is 41.8 Å². The van der Waals surface area contributed by atoms with Gasteiger partial charge in [0, 0.05) is 0 Å². The summed E-state index contributed by atoms with van der Waals surface area (Å²) in [4.78, 5) is 17.4. The average molecular weight is 347 g/mol. The first kappa shape index (κ1) is 18.2. The normalized spacial score (nSPS) is 14.0. The topological polar surface area (TPSA) is 68.1 Å². The van der Waals surface area contributed by atoms with Gasteiger partial charge in [0.05, 0.1) is 18.4 Å². The predicted octanol–water partition coefficient (Wildman–Crippen LogP) is 3.40. The van der Waals surface area contributed by atoms with Gasteiger partial charge in [0.1, 0.15) is 12.5 Å². The Labute approximate surface area is 145 Å². The highest BCUT2D eigenvalue weighted by Gasteiger charge is 2.30. The van der Waals surface area contributed by atoms with Crippen LogP contribution in [0, 0.1) is 5.92 Å². The number of carbonyl (C=O) groups is 1. The zero-order chi connectivity index (χ0) is 17.4. The highest BCUT2D eigenvalue weighted by molar-refractivity contribution is 7.07. The number of oxime groups is 1. The van der Waals surface area contributed by atoms with Crippen LogP contribution >= 0.6 is 11.3 Å². The molecule has 0 aliphatic carbocycles. The molecule has 128 valence electrons. The van der Waals surface area contributed by atoms with E-state index >= 15 is 0 Å². The lowest BCUT2D eigenvalue weighted by Gasteiger charge is -2.19. The lowest BCUT2D eigenvalue weighted by molar-refractivity contribution is -0.155. The lowest BCUT2D eigenvalue weighted by atomic mass is 9.99. The molecular formula is C18H21NO4S. The van der Waals surface area contributed by atoms with Crippen molar-refractivity contribution in [3.05, 3.63) is 58.3 Å². The highest BCUT2D eigenvalue weighted by Crippen LogP contribution is 2.25. The molecule has 1 N–H and O–H groups in total. The summed E-state index contributed by atoms with van der Waals surface area (Å²) >= 11 is 1.46. The molecule has 2 atom stereocenters. The summed E-state index contributed by atoms with van der Waals surface area (Å²) in [6, 6.07) is 11.4. The second-order valence-electron chi connectivity index (χ2n) is 5.20. The van der Waals surface area contributed by atoms with E-state index in [0.717, 1.165) is 5.56 Å². The van der Waals surface area contributed by atoms with Gasteiger partial charge in [-0.3, -0.25) is 4.79 Å². The summed E-state index contributed by atoms with van der Waals surface area (Å²) in [6.07, 6.45) is -0.984. The number of esters is 1. The van der Waals surface area contributed by atoms with Gasteiger partial charge in [0.2, 0.25) is 0 Å². The molecular weight excluding hydrogens is 326 g/mol. The molecule has 24 heavy (non-hydrogen) atoms. The number of aliphatic hydroxyl groups is 1. The molecule has 0 radical (unpaired) electrons. The van der Waals surface area contributed by atoms with Crippen LogP contribution in [0.2, 0.25) is 0 Å². The van der Waals surface area contributed by atoms with E-state index in [1.165, 1.54) is 11.3 Å². The zero-order valence-corrected chi connectivity index (χ0v) is 14.5. The summed E-state index contributed by atoms with van der Waals surface area (Å²) in [7, 11) is 0. The Balaban J connectivity index is 2.04. The fraction of sp³-hybridized carbons (Fsp3) is 0.333. The fourth-order valence-corrected chi connectivity index (χ4v) is 2.85. The van der Waals surface area contributed by atoms with Gasteiger partial charge < -0.3 is 14.7 Å². The first-order chi connectivity index (χ1) is 11.6. The van der Waals surface area contributed by atoms with Gasteiger partial charge in [-0.2, -0.15) is 11.3 Å². The molecule has 0 spiro atoms. The van der Waals surface area contributed by atoms with E-state index in [-0.39, 0.29) is 13.2 Å². The van der Waals surface area contributed by atoms with E-state index in [0.29, 0.717) is 11.3 Å². The van der Waals surface area contributed by atoms with Gasteiger partial charge in [-0.15, -0.1) is 0 Å². The Bertz CT molecular complexity index is 655. The average Bonchev–Trinajstić information content (AvgIpc) is 3.13. The van der Waals surface area contributed by atoms with Crippen LogP contribution in [0.4, 0.5) is 0 Å². The number of nitrogens with zero attached hydrogens (tertiary/aromatic N) is 1. The first-order valence-electron chi connectivity index (χ1n) is 7.72. The van der Waals surface area contributed by atoms with Crippen LogP contribution in [0.25, 0.3) is 0 Å². The maximum atomic E-state index is 12.1. The number of thiophene rings is 1. The largest absolute Gasteiger partial charge is 0.466 e. The minimum atomic E-state index is -0.984. The number of aliphatic hydroxyl groups excluding tert-OH is 1. The molecule has 0 saturated heterocycles. The standard InChI is InChI=1S/C18H21NO4S/c1-3-22-18(21)16(17(20)15-9-10-24-12-15)11-23-19-13(2)14-7-5-4-6-8-14/h4-10,12,16-17,20H,3,11H2,1-2H3/b19-13+. The third-order valence-corrected chi connectivity index (χ3v) is 4.20. The highest BCUT2D eigenvalue weighted by atomic mass is 32.1. The second-order valence-corrected chi connectivity index (χ2v) is 5.98. The monoisotopic (exact) mass is 347 g/mol. The molecule has 0 aliphatic rings. The van der Waals surface area contributed by atoms with Crippen molar-refractivity contribution in [2.75, 3.05) is 13.2 Å². The quantitative estimate of drug-likeness (QED) is 0.451. The number of benzene rings is 1. The molecule has 0 bridgehead atoms. The fourth-order valence-electron chi connectivity index (χ4n) is 2.16. The Morgan fingerprint density at radius 3 is 2.67 bits per heavy atom. The van der Waals surface area contributed by atoms with Crippen LogP contribution in [-0.4, -0.2) is 30.0 Å². The molecule has 1 aromatic heterocycles. The van der Waals surface area contributed by atoms with Crippen LogP contribution in [-0.2, 0) is 14.4 Å². The first-order valence-corrected chi connectivity index (χ1v) is 8.66. The van der Waals surface area contributed by atoms with Crippen molar-refractivity contribution in [2.24, 2.45) is 11.1 Å². The van der Waals surface area contributed by atoms with Gasteiger partial charge in [0.25, 0.3) is 0 Å². The van der Waals surface area contributed by atoms with Crippen LogP contribution in [0.15, 0.2) is 52.3 Å². The molecule has 1 heterocycles. The number of rotatable bonds is 8. The van der Waals surface area contributed by atoms with Crippen molar-refractivity contribution in [3.8, 4) is 0 Å². The third-order valence-electron chi connectivity index (χ3n) is 3.50. The lowest BCUT2D eigenvalue weighted by Crippen LogP contribution is -2.28. The molecule has 0 fully saturated rings. The molecule has 6 heteroatoms. The van der Waals surface area contributed by atoms with Crippen molar-refractivity contribution in [3.63, 3.8) is 0 Å². The Kier molecular flexibility index (Phi) is 6.96. The van der Waals surface area contributed by atoms with Crippen LogP contribution in [0.1, 0.15) is 31.1 Å². The zero-order valence-electron chi connectivity index (χ0n) is 13.7. The van der Waals surface area contributed by atoms with E-state index in [2.05, 4.69) is 5.16 Å². The van der Waals surface area contributed by atoms with Crippen LogP contribution in [0.3, 0.4) is 0 Å². The van der Waals surface area contributed by atoms with E-state index in [4.69, 9.17) is 9.57 Å². The third kappa shape index (κ3) is 4.91. The number of hydrogen-bond acceptors (Lipinski definition) is 6. The summed E-state index contributed by atoms with van der Waals surface area (Å²) in [5.74, 6) is -1.32. The van der Waals surface area contributed by atoms with Crippen molar-refractivity contribution in [1.82, 2.24) is 0 Å². The van der Waals surface area contributed by atoms with Gasteiger partial charge in [0.15, 0.2) is 0 Å². The van der Waals surface area contributed by atoms with Crippen molar-refractivity contribution < 1.29 is 19.5 Å². The summed E-state index contributed by atoms with van der Waals surface area (Å²) in [6.45, 7) is 3.74. The second kappa shape index (κ2) is 9.20. The van der Waals surface area contributed by atoms with Gasteiger partial charge >= 0.3 is 5.97 Å². The van der Waals surface area contributed by atoms with E-state index < -0.39 is 18.0 Å². The Hall–Kier alpha value is -2.18. The number of carbonyl (C=O) groups excluding carboxylic acids is 1. The van der Waals surface area contributed by atoms with E-state index in [1.54, 1.807) is 18.4 Å². The molecule has 1 aromatic carbocycles. The van der Waals surface area contributed by atoms with Crippen molar-refractivity contribution in [2.45, 2.75) is 20.0 Å². The number of ether oxygens (including phenoxy) is 1. The molecule has 2 unspecified atom stereocenters. The maximum Gasteiger partial charge on any atom is 0.315 e. The molecule has 5 nitrogen and oxygen atoms in total. The predicted molar refractivity (Wildman–Crippen MR) is 94.0 cm³/mol. The molecule has 0 saturated carbocycles. The maximum absolute atomic E-state index is 12.1. The number of hydrogen-bond donors (Lipinski definition) is 1. The van der Waals surface area contributed by atoms with Crippen molar-refractivity contribution in [1.29, 1.82) is 0 Å². The Morgan fingerprint density at radius 1 is 1.29 bits per heavy atom. The van der Waals surface area contributed by atoms with Crippen molar-refractivity contribution >= 4 is 23.0 Å². The smallest absolute Gasteiger partial charge is 0.315 e. The minimum absolute atomic E-state index is 0.0555. The minimum Gasteiger partial charge on any atom is -0.466 e. The van der Waals surface area contributed by atoms with Crippen LogP contribution in [0.5, 0.6) is 0 Å².